The first-order valence-electron chi connectivity index (χ1n) is 8.44. The Morgan fingerprint density at radius 2 is 1.72 bits per heavy atom. The highest BCUT2D eigenvalue weighted by Gasteiger charge is 2.41. The second-order valence-electron chi connectivity index (χ2n) is 7.20. The molecule has 106 valence electrons. The van der Waals surface area contributed by atoms with E-state index in [0.29, 0.717) is 0 Å². The first-order valence-corrected chi connectivity index (χ1v) is 8.44. The van der Waals surface area contributed by atoms with Crippen LogP contribution in [0.3, 0.4) is 0 Å². The minimum atomic E-state index is 0.176. The Balaban J connectivity index is 2.03. The van der Waals surface area contributed by atoms with Crippen LogP contribution in [-0.2, 0) is 0 Å². The van der Waals surface area contributed by atoms with Gasteiger partial charge in [-0.05, 0) is 37.0 Å². The monoisotopic (exact) mass is 251 g/mol. The molecule has 2 aliphatic carbocycles. The molecule has 1 heteroatoms. The lowest BCUT2D eigenvalue weighted by Crippen LogP contribution is -2.53. The number of hydrogen-bond donors (Lipinski definition) is 1. The maximum atomic E-state index is 6.91. The number of hydrogen-bond acceptors (Lipinski definition) is 1. The molecule has 2 N–H and O–H groups in total. The minimum Gasteiger partial charge on any atom is -0.325 e. The van der Waals surface area contributed by atoms with Crippen molar-refractivity contribution in [2.45, 2.75) is 90.0 Å². The maximum Gasteiger partial charge on any atom is 0.0188 e. The van der Waals surface area contributed by atoms with E-state index < -0.39 is 0 Å². The molecule has 2 fully saturated rings. The van der Waals surface area contributed by atoms with Crippen LogP contribution in [0.15, 0.2) is 0 Å². The molecule has 2 aliphatic rings. The van der Waals surface area contributed by atoms with Gasteiger partial charge in [-0.3, -0.25) is 0 Å². The molecule has 0 amide bonds. The largest absolute Gasteiger partial charge is 0.325 e. The summed E-state index contributed by atoms with van der Waals surface area (Å²) in [6.45, 7) is 4.70. The average molecular weight is 251 g/mol. The van der Waals surface area contributed by atoms with Crippen molar-refractivity contribution < 1.29 is 0 Å². The molecule has 0 aromatic heterocycles. The molecule has 18 heavy (non-hydrogen) atoms. The van der Waals surface area contributed by atoms with Crippen LogP contribution in [0.1, 0.15) is 84.5 Å². The number of nitrogens with two attached hydrogens (primary N) is 1. The van der Waals surface area contributed by atoms with Gasteiger partial charge in [-0.2, -0.15) is 0 Å². The summed E-state index contributed by atoms with van der Waals surface area (Å²) in [5, 5.41) is 0. The van der Waals surface area contributed by atoms with Gasteiger partial charge < -0.3 is 5.73 Å². The van der Waals surface area contributed by atoms with E-state index >= 15 is 0 Å². The summed E-state index contributed by atoms with van der Waals surface area (Å²) < 4.78 is 0. The van der Waals surface area contributed by atoms with Crippen LogP contribution >= 0.6 is 0 Å². The first kappa shape index (κ1) is 14.4. The fourth-order valence-corrected chi connectivity index (χ4v) is 4.58. The van der Waals surface area contributed by atoms with Gasteiger partial charge in [-0.15, -0.1) is 0 Å². The Kier molecular flexibility index (Phi) is 5.12. The first-order chi connectivity index (χ1) is 8.65. The molecule has 0 aromatic rings. The van der Waals surface area contributed by atoms with Crippen molar-refractivity contribution in [3.8, 4) is 0 Å². The molecule has 3 atom stereocenters. The van der Waals surface area contributed by atoms with Gasteiger partial charge in [0.2, 0.25) is 0 Å². The molecule has 0 heterocycles. The molecule has 0 spiro atoms. The standard InChI is InChI=1S/C17H33N/c1-3-14(2)13-17(18)12-8-7-11-16(17)15-9-5-4-6-10-15/h14-16H,3-13,18H2,1-2H3. The fourth-order valence-electron chi connectivity index (χ4n) is 4.58. The van der Waals surface area contributed by atoms with Crippen LogP contribution in [0.2, 0.25) is 0 Å². The quantitative estimate of drug-likeness (QED) is 0.756. The van der Waals surface area contributed by atoms with Crippen LogP contribution in [-0.4, -0.2) is 5.54 Å². The second-order valence-corrected chi connectivity index (χ2v) is 7.20. The predicted molar refractivity (Wildman–Crippen MR) is 79.5 cm³/mol. The molecule has 0 bridgehead atoms. The molecular formula is C17H33N. The van der Waals surface area contributed by atoms with Crippen LogP contribution in [0.4, 0.5) is 0 Å². The summed E-state index contributed by atoms with van der Waals surface area (Å²) in [6, 6.07) is 0. The van der Waals surface area contributed by atoms with Gasteiger partial charge in [-0.1, -0.05) is 65.2 Å². The van der Waals surface area contributed by atoms with Crippen molar-refractivity contribution in [3.63, 3.8) is 0 Å². The van der Waals surface area contributed by atoms with Crippen molar-refractivity contribution >= 4 is 0 Å². The van der Waals surface area contributed by atoms with Crippen LogP contribution in [0.5, 0.6) is 0 Å². The van der Waals surface area contributed by atoms with Crippen molar-refractivity contribution in [3.05, 3.63) is 0 Å². The zero-order chi connectivity index (χ0) is 13.0. The smallest absolute Gasteiger partial charge is 0.0188 e. The Morgan fingerprint density at radius 1 is 1.06 bits per heavy atom. The third-order valence-electron chi connectivity index (χ3n) is 5.79. The Morgan fingerprint density at radius 3 is 2.39 bits per heavy atom. The third-order valence-corrected chi connectivity index (χ3v) is 5.79. The van der Waals surface area contributed by atoms with Gasteiger partial charge in [0.05, 0.1) is 0 Å². The van der Waals surface area contributed by atoms with Crippen LogP contribution in [0, 0.1) is 17.8 Å². The topological polar surface area (TPSA) is 26.0 Å². The van der Waals surface area contributed by atoms with E-state index in [0.717, 1.165) is 17.8 Å². The molecule has 3 unspecified atom stereocenters. The average Bonchev–Trinajstić information content (AvgIpc) is 2.39. The molecule has 0 aliphatic heterocycles. The van der Waals surface area contributed by atoms with Crippen LogP contribution < -0.4 is 5.73 Å². The fraction of sp³-hybridized carbons (Fsp3) is 1.00. The molecule has 2 saturated carbocycles. The number of rotatable bonds is 4. The van der Waals surface area contributed by atoms with Gasteiger partial charge in [0.25, 0.3) is 0 Å². The molecule has 2 rings (SSSR count). The van der Waals surface area contributed by atoms with Crippen molar-refractivity contribution in [1.82, 2.24) is 0 Å². The van der Waals surface area contributed by atoms with E-state index in [1.165, 1.54) is 70.6 Å². The minimum absolute atomic E-state index is 0.176. The van der Waals surface area contributed by atoms with E-state index in [2.05, 4.69) is 13.8 Å². The summed E-state index contributed by atoms with van der Waals surface area (Å²) in [5.74, 6) is 2.59. The molecule has 0 aromatic carbocycles. The zero-order valence-electron chi connectivity index (χ0n) is 12.6. The SMILES string of the molecule is CCC(C)CC1(N)CCCCC1C1CCCCC1. The summed E-state index contributed by atoms with van der Waals surface area (Å²) in [4.78, 5) is 0. The lowest BCUT2D eigenvalue weighted by atomic mass is 9.62. The summed E-state index contributed by atoms with van der Waals surface area (Å²) in [5.41, 5.74) is 7.09. The van der Waals surface area contributed by atoms with E-state index in [4.69, 9.17) is 5.73 Å². The summed E-state index contributed by atoms with van der Waals surface area (Å²) in [6.07, 6.45) is 15.4. The van der Waals surface area contributed by atoms with E-state index in [1.807, 2.05) is 0 Å². The molecule has 0 saturated heterocycles. The maximum absolute atomic E-state index is 6.91. The Labute approximate surface area is 114 Å². The molecular weight excluding hydrogens is 218 g/mol. The Bertz CT molecular complexity index is 244. The summed E-state index contributed by atoms with van der Waals surface area (Å²) in [7, 11) is 0. The zero-order valence-corrected chi connectivity index (χ0v) is 12.6. The van der Waals surface area contributed by atoms with E-state index in [9.17, 15) is 0 Å². The van der Waals surface area contributed by atoms with Gasteiger partial charge in [0.1, 0.15) is 0 Å². The van der Waals surface area contributed by atoms with Gasteiger partial charge >= 0.3 is 0 Å². The lowest BCUT2D eigenvalue weighted by molar-refractivity contribution is 0.0810. The van der Waals surface area contributed by atoms with Crippen LogP contribution in [0.25, 0.3) is 0 Å². The summed E-state index contributed by atoms with van der Waals surface area (Å²) >= 11 is 0. The highest BCUT2D eigenvalue weighted by atomic mass is 14.8. The molecule has 1 nitrogen and oxygen atoms in total. The van der Waals surface area contributed by atoms with Gasteiger partial charge in [0, 0.05) is 5.54 Å². The van der Waals surface area contributed by atoms with Gasteiger partial charge in [0.15, 0.2) is 0 Å². The lowest BCUT2D eigenvalue weighted by Gasteiger charge is -2.47. The van der Waals surface area contributed by atoms with E-state index in [-0.39, 0.29) is 5.54 Å². The van der Waals surface area contributed by atoms with Gasteiger partial charge in [-0.25, -0.2) is 0 Å². The second kappa shape index (κ2) is 6.41. The highest BCUT2D eigenvalue weighted by Crippen LogP contribution is 2.45. The van der Waals surface area contributed by atoms with Crippen molar-refractivity contribution in [2.24, 2.45) is 23.5 Å². The normalized spacial score (nSPS) is 36.5. The third kappa shape index (κ3) is 3.29. The Hall–Kier alpha value is -0.0400. The van der Waals surface area contributed by atoms with E-state index in [1.54, 1.807) is 0 Å². The van der Waals surface area contributed by atoms with Crippen molar-refractivity contribution in [2.75, 3.05) is 0 Å². The highest BCUT2D eigenvalue weighted by molar-refractivity contribution is 4.98. The predicted octanol–water partition coefficient (Wildman–Crippen LogP) is 4.89. The molecule has 0 radical (unpaired) electrons. The van der Waals surface area contributed by atoms with Crippen molar-refractivity contribution in [1.29, 1.82) is 0 Å².